The van der Waals surface area contributed by atoms with Crippen LogP contribution in [0.25, 0.3) is 11.5 Å². The molecule has 1 aliphatic heterocycles. The smallest absolute Gasteiger partial charge is 0.323 e. The van der Waals surface area contributed by atoms with Crippen molar-refractivity contribution in [1.29, 1.82) is 0 Å². The van der Waals surface area contributed by atoms with Gasteiger partial charge in [-0.2, -0.15) is 5.10 Å². The molecule has 1 aliphatic rings. The third-order valence-electron chi connectivity index (χ3n) is 4.55. The van der Waals surface area contributed by atoms with Gasteiger partial charge in [-0.05, 0) is 36.4 Å². The zero-order valence-electron chi connectivity index (χ0n) is 15.1. The Bertz CT molecular complexity index is 867. The zero-order chi connectivity index (χ0) is 18.6. The molecule has 1 saturated heterocycles. The van der Waals surface area contributed by atoms with E-state index in [4.69, 9.17) is 9.15 Å². The van der Waals surface area contributed by atoms with Gasteiger partial charge in [0.15, 0.2) is 5.76 Å². The Morgan fingerprint density at radius 2 is 2.37 bits per heavy atom. The first kappa shape index (κ1) is 17.8. The van der Waals surface area contributed by atoms with Crippen LogP contribution in [0.4, 0.5) is 10.6 Å². The summed E-state index contributed by atoms with van der Waals surface area (Å²) < 4.78 is 12.8. The Hall–Kier alpha value is -2.58. The van der Waals surface area contributed by atoms with E-state index in [9.17, 15) is 4.79 Å². The number of hydrogen-bond donors (Lipinski definition) is 1. The molecule has 1 atom stereocenters. The average molecular weight is 386 g/mol. The van der Waals surface area contributed by atoms with Crippen molar-refractivity contribution in [2.45, 2.75) is 25.5 Å². The van der Waals surface area contributed by atoms with Gasteiger partial charge in [0.2, 0.25) is 0 Å². The molecule has 2 amide bonds. The minimum absolute atomic E-state index is 0.0981. The van der Waals surface area contributed by atoms with Crippen LogP contribution in [0.2, 0.25) is 0 Å². The summed E-state index contributed by atoms with van der Waals surface area (Å²) in [6.07, 6.45) is 3.74. The highest BCUT2D eigenvalue weighted by molar-refractivity contribution is 7.09. The predicted molar refractivity (Wildman–Crippen MR) is 104 cm³/mol. The van der Waals surface area contributed by atoms with Gasteiger partial charge >= 0.3 is 6.03 Å². The molecule has 3 aromatic heterocycles. The first-order valence-electron chi connectivity index (χ1n) is 8.97. The fraction of sp³-hybridized carbons (Fsp3) is 0.368. The van der Waals surface area contributed by atoms with Crippen molar-refractivity contribution >= 4 is 23.2 Å². The number of ether oxygens (including phenoxy) is 1. The summed E-state index contributed by atoms with van der Waals surface area (Å²) in [7, 11) is 1.80. The number of amides is 2. The summed E-state index contributed by atoms with van der Waals surface area (Å²) in [6.45, 7) is 1.91. The van der Waals surface area contributed by atoms with Crippen LogP contribution in [0.1, 0.15) is 17.7 Å². The molecule has 0 saturated carbocycles. The molecule has 0 unspecified atom stereocenters. The topological polar surface area (TPSA) is 72.5 Å². The van der Waals surface area contributed by atoms with Gasteiger partial charge < -0.3 is 14.1 Å². The molecule has 0 bridgehead atoms. The van der Waals surface area contributed by atoms with Crippen molar-refractivity contribution in [3.05, 3.63) is 46.9 Å². The number of aryl methyl sites for hydroxylation is 1. The van der Waals surface area contributed by atoms with Crippen molar-refractivity contribution in [1.82, 2.24) is 14.7 Å². The Morgan fingerprint density at radius 1 is 1.44 bits per heavy atom. The van der Waals surface area contributed by atoms with E-state index in [0.29, 0.717) is 30.4 Å². The second-order valence-corrected chi connectivity index (χ2v) is 7.57. The van der Waals surface area contributed by atoms with Gasteiger partial charge in [-0.25, -0.2) is 4.79 Å². The lowest BCUT2D eigenvalue weighted by atomic mass is 10.2. The number of carbonyl (C=O) groups is 1. The maximum absolute atomic E-state index is 13.0. The Labute approximate surface area is 161 Å². The number of furan rings is 1. The van der Waals surface area contributed by atoms with Gasteiger partial charge in [0.1, 0.15) is 11.5 Å². The summed E-state index contributed by atoms with van der Waals surface area (Å²) >= 11 is 1.65. The third kappa shape index (κ3) is 4.23. The third-order valence-corrected chi connectivity index (χ3v) is 5.41. The molecule has 4 heterocycles. The van der Waals surface area contributed by atoms with Gasteiger partial charge in [0.05, 0.1) is 18.9 Å². The van der Waals surface area contributed by atoms with E-state index in [1.54, 1.807) is 34.2 Å². The standard InChI is InChI=1S/C19H22N4O3S/c1-22-18(11-16(21-22)17-7-3-9-26-17)20-19(24)23(12-14-5-2-8-25-14)13-15-6-4-10-27-15/h3-4,6-7,9-11,14H,2,5,8,12-13H2,1H3,(H,20,24)/t14-/m1/s1. The molecule has 4 rings (SSSR count). The number of aromatic nitrogens is 2. The molecular formula is C19H22N4O3S. The summed E-state index contributed by atoms with van der Waals surface area (Å²) in [6, 6.07) is 9.35. The van der Waals surface area contributed by atoms with Gasteiger partial charge in [-0.15, -0.1) is 11.3 Å². The van der Waals surface area contributed by atoms with E-state index in [2.05, 4.69) is 10.4 Å². The van der Waals surface area contributed by atoms with Gasteiger partial charge in [0, 0.05) is 31.1 Å². The van der Waals surface area contributed by atoms with Crippen LogP contribution in [0.5, 0.6) is 0 Å². The molecule has 0 aromatic carbocycles. The van der Waals surface area contributed by atoms with Gasteiger partial charge in [0.25, 0.3) is 0 Å². The van der Waals surface area contributed by atoms with E-state index in [0.717, 1.165) is 24.3 Å². The normalized spacial score (nSPS) is 16.6. The number of nitrogens with one attached hydrogen (secondary N) is 1. The molecule has 3 aromatic rings. The van der Waals surface area contributed by atoms with Crippen LogP contribution >= 0.6 is 11.3 Å². The summed E-state index contributed by atoms with van der Waals surface area (Å²) in [5.74, 6) is 1.29. The molecule has 0 spiro atoms. The van der Waals surface area contributed by atoms with Crippen LogP contribution in [0.3, 0.4) is 0 Å². The monoisotopic (exact) mass is 386 g/mol. The predicted octanol–water partition coefficient (Wildman–Crippen LogP) is 3.95. The lowest BCUT2D eigenvalue weighted by Crippen LogP contribution is -2.39. The number of carbonyl (C=O) groups excluding carboxylic acids is 1. The fourth-order valence-electron chi connectivity index (χ4n) is 3.16. The van der Waals surface area contributed by atoms with Crippen molar-refractivity contribution in [2.24, 2.45) is 7.05 Å². The van der Waals surface area contributed by atoms with E-state index < -0.39 is 0 Å². The Morgan fingerprint density at radius 3 is 3.07 bits per heavy atom. The first-order valence-corrected chi connectivity index (χ1v) is 9.85. The number of urea groups is 1. The van der Waals surface area contributed by atoms with Crippen molar-refractivity contribution in [3.63, 3.8) is 0 Å². The minimum Gasteiger partial charge on any atom is -0.463 e. The highest BCUT2D eigenvalue weighted by atomic mass is 32.1. The van der Waals surface area contributed by atoms with Crippen molar-refractivity contribution in [3.8, 4) is 11.5 Å². The van der Waals surface area contributed by atoms with Crippen molar-refractivity contribution < 1.29 is 13.9 Å². The second-order valence-electron chi connectivity index (χ2n) is 6.54. The number of nitrogens with zero attached hydrogens (tertiary/aromatic N) is 3. The number of anilines is 1. The first-order chi connectivity index (χ1) is 13.2. The van der Waals surface area contributed by atoms with Crippen LogP contribution in [0, 0.1) is 0 Å². The van der Waals surface area contributed by atoms with Crippen LogP contribution in [-0.4, -0.2) is 40.0 Å². The highest BCUT2D eigenvalue weighted by Crippen LogP contribution is 2.23. The summed E-state index contributed by atoms with van der Waals surface area (Å²) in [5, 5.41) is 9.41. The van der Waals surface area contributed by atoms with Crippen LogP contribution in [0.15, 0.2) is 46.4 Å². The zero-order valence-corrected chi connectivity index (χ0v) is 15.9. The highest BCUT2D eigenvalue weighted by Gasteiger charge is 2.24. The fourth-order valence-corrected chi connectivity index (χ4v) is 3.88. The molecule has 8 heteroatoms. The van der Waals surface area contributed by atoms with E-state index in [1.165, 1.54) is 0 Å². The maximum Gasteiger partial charge on any atom is 0.323 e. The largest absolute Gasteiger partial charge is 0.463 e. The Kier molecular flexibility index (Phi) is 5.26. The molecular weight excluding hydrogens is 364 g/mol. The number of thiophene rings is 1. The molecule has 142 valence electrons. The lowest BCUT2D eigenvalue weighted by Gasteiger charge is -2.25. The van der Waals surface area contributed by atoms with E-state index in [-0.39, 0.29) is 12.1 Å². The van der Waals surface area contributed by atoms with E-state index in [1.807, 2.05) is 35.7 Å². The SMILES string of the molecule is Cn1nc(-c2ccco2)cc1NC(=O)N(Cc1cccs1)C[C@H]1CCCO1. The van der Waals surface area contributed by atoms with Crippen LogP contribution in [-0.2, 0) is 18.3 Å². The number of rotatable bonds is 6. The number of hydrogen-bond acceptors (Lipinski definition) is 5. The van der Waals surface area contributed by atoms with Crippen LogP contribution < -0.4 is 5.32 Å². The summed E-state index contributed by atoms with van der Waals surface area (Å²) in [4.78, 5) is 15.9. The van der Waals surface area contributed by atoms with Gasteiger partial charge in [-0.3, -0.25) is 10.00 Å². The molecule has 0 radical (unpaired) electrons. The minimum atomic E-state index is -0.159. The molecule has 1 fully saturated rings. The summed E-state index contributed by atoms with van der Waals surface area (Å²) in [5.41, 5.74) is 0.682. The van der Waals surface area contributed by atoms with E-state index >= 15 is 0 Å². The molecule has 0 aliphatic carbocycles. The second kappa shape index (κ2) is 7.98. The van der Waals surface area contributed by atoms with Gasteiger partial charge in [-0.1, -0.05) is 6.07 Å². The molecule has 1 N–H and O–H groups in total. The Balaban J connectivity index is 1.48. The molecule has 27 heavy (non-hydrogen) atoms. The van der Waals surface area contributed by atoms with Crippen molar-refractivity contribution in [2.75, 3.05) is 18.5 Å². The molecule has 7 nitrogen and oxygen atoms in total. The average Bonchev–Trinajstić information content (AvgIpc) is 3.44. The quantitative estimate of drug-likeness (QED) is 0.696. The lowest BCUT2D eigenvalue weighted by molar-refractivity contribution is 0.0821. The maximum atomic E-state index is 13.0.